The average molecular weight is 885 g/mol. The summed E-state index contributed by atoms with van der Waals surface area (Å²) in [7, 11) is 0. The van der Waals surface area contributed by atoms with E-state index < -0.39 is 67.8 Å². The molecule has 302 valence electrons. The van der Waals surface area contributed by atoms with E-state index in [1.807, 2.05) is 0 Å². The van der Waals surface area contributed by atoms with Crippen LogP contribution in [0.15, 0.2) is 59.3 Å². The smallest absolute Gasteiger partial charge is 0.347 e. The summed E-state index contributed by atoms with van der Waals surface area (Å²) >= 11 is 14.6. The van der Waals surface area contributed by atoms with Crippen LogP contribution in [0.5, 0.6) is 0 Å². The summed E-state index contributed by atoms with van der Waals surface area (Å²) in [5, 5.41) is 11.2. The lowest BCUT2D eigenvalue weighted by molar-refractivity contribution is -0.384. The number of benzene rings is 1. The zero-order valence-electron chi connectivity index (χ0n) is 29.2. The van der Waals surface area contributed by atoms with Crippen molar-refractivity contribution in [2.75, 3.05) is 26.4 Å². The highest BCUT2D eigenvalue weighted by Gasteiger charge is 2.57. The Balaban J connectivity index is 0.939. The summed E-state index contributed by atoms with van der Waals surface area (Å²) in [5.41, 5.74) is 1.67. The van der Waals surface area contributed by atoms with Crippen LogP contribution in [-0.2, 0) is 43.2 Å². The van der Waals surface area contributed by atoms with Gasteiger partial charge in [-0.1, -0.05) is 48.2 Å². The van der Waals surface area contributed by atoms with Crippen LogP contribution in [0.25, 0.3) is 11.2 Å². The van der Waals surface area contributed by atoms with Crippen molar-refractivity contribution < 1.29 is 46.1 Å². The van der Waals surface area contributed by atoms with Crippen LogP contribution in [0.1, 0.15) is 18.0 Å². The standard InChI is InChI=1S/C31H32ClFN10O10P2S2/c32-26-23-27(35-13-34-26)41(14-36-23)20-9-17-10-49-55(48,57)53-25-22(33)21(12-51-54(47,56)50-11-19(17)20)52-30(25)42-15-37-24-28(42)38-31-39(7-8-40(31)29(24)44)6-5-16-1-3-18(4-2-16)43(45)46/h1-4,7-8,13-15,17,19-22,24-25,28,30H,5-6,9-12H2,(H,47,56)(H,48,57)/t17-,19-,20-,21-,22-,24?,25-,28?,30-,54?,55?/m1/s1. The van der Waals surface area contributed by atoms with Crippen LogP contribution in [0.2, 0.25) is 5.15 Å². The van der Waals surface area contributed by atoms with Gasteiger partial charge in [-0.25, -0.2) is 33.5 Å². The topological polar surface area (TPSA) is 219 Å². The van der Waals surface area contributed by atoms with Crippen molar-refractivity contribution in [3.05, 3.63) is 70.2 Å². The molecule has 7 heterocycles. The van der Waals surface area contributed by atoms with E-state index in [1.165, 1.54) is 34.6 Å². The van der Waals surface area contributed by atoms with Gasteiger partial charge in [-0.2, -0.15) is 0 Å². The number of aromatic nitrogens is 4. The van der Waals surface area contributed by atoms with Gasteiger partial charge in [0.05, 0.1) is 37.4 Å². The molecule has 1 aliphatic carbocycles. The first-order valence-corrected chi connectivity index (χ1v) is 23.3. The molecule has 6 aliphatic rings. The number of ether oxygens (including phenoxy) is 1. The number of nitrogens with zero attached hydrogens (tertiary/aromatic N) is 10. The van der Waals surface area contributed by atoms with Gasteiger partial charge in [-0.15, -0.1) is 0 Å². The molecule has 20 nitrogen and oxygen atoms in total. The summed E-state index contributed by atoms with van der Waals surface area (Å²) in [4.78, 5) is 50.5. The number of nitro groups is 1. The summed E-state index contributed by atoms with van der Waals surface area (Å²) in [6.45, 7) is -8.92. The minimum atomic E-state index is -4.30. The minimum absolute atomic E-state index is 0.0304. The van der Waals surface area contributed by atoms with Crippen molar-refractivity contribution in [1.29, 1.82) is 0 Å². The number of thiol groups is 2. The van der Waals surface area contributed by atoms with Crippen molar-refractivity contribution in [3.8, 4) is 0 Å². The lowest BCUT2D eigenvalue weighted by atomic mass is 9.70. The summed E-state index contributed by atoms with van der Waals surface area (Å²) < 4.78 is 74.4. The Morgan fingerprint density at radius 3 is 2.60 bits per heavy atom. The van der Waals surface area contributed by atoms with E-state index in [0.717, 1.165) is 5.56 Å². The largest absolute Gasteiger partial charge is 0.386 e. The molecule has 3 fully saturated rings. The van der Waals surface area contributed by atoms with Gasteiger partial charge in [0, 0.05) is 43.0 Å². The Morgan fingerprint density at radius 2 is 1.81 bits per heavy atom. The fourth-order valence-electron chi connectivity index (χ4n) is 7.74. The molecule has 11 atom stereocenters. The second-order valence-electron chi connectivity index (χ2n) is 14.0. The van der Waals surface area contributed by atoms with E-state index in [9.17, 15) is 24.0 Å². The summed E-state index contributed by atoms with van der Waals surface area (Å²) in [6.07, 6.45) is 0.845. The number of carbonyl (C=O) groups is 1. The van der Waals surface area contributed by atoms with Gasteiger partial charge in [-0.05, 0) is 24.3 Å². The number of carbonyl (C=O) groups excluding carboxylic acids is 1. The maximum Gasteiger partial charge on any atom is 0.386 e. The Morgan fingerprint density at radius 1 is 1.04 bits per heavy atom. The molecular weight excluding hydrogens is 853 g/mol. The van der Waals surface area contributed by atoms with Crippen molar-refractivity contribution in [2.24, 2.45) is 21.8 Å². The second kappa shape index (κ2) is 15.0. The van der Waals surface area contributed by atoms with E-state index in [2.05, 4.69) is 44.4 Å². The zero-order valence-corrected chi connectivity index (χ0v) is 33.6. The Kier molecular flexibility index (Phi) is 10.2. The van der Waals surface area contributed by atoms with Gasteiger partial charge in [-0.3, -0.25) is 33.8 Å². The number of alkyl halides is 1. The number of halogens is 2. The lowest BCUT2D eigenvalue weighted by Crippen LogP contribution is -2.56. The van der Waals surface area contributed by atoms with Gasteiger partial charge in [0.1, 0.15) is 24.1 Å². The highest BCUT2D eigenvalue weighted by molar-refractivity contribution is 8.44. The average Bonchev–Trinajstić information content (AvgIpc) is 3.95. The Hall–Kier alpha value is -3.50. The van der Waals surface area contributed by atoms with Gasteiger partial charge < -0.3 is 28.2 Å². The van der Waals surface area contributed by atoms with Crippen LogP contribution in [0.4, 0.5) is 10.1 Å². The highest BCUT2D eigenvalue weighted by Crippen LogP contribution is 2.60. The summed E-state index contributed by atoms with van der Waals surface area (Å²) in [6, 6.07) is 4.83. The normalized spacial score (nSPS) is 36.4. The molecule has 9 rings (SSSR count). The molecule has 2 saturated heterocycles. The first-order chi connectivity index (χ1) is 27.3. The highest BCUT2D eigenvalue weighted by atomic mass is 35.5. The number of fused-ring (bicyclic) bond motifs is 6. The third kappa shape index (κ3) is 7.29. The quantitative estimate of drug-likeness (QED) is 0.115. The van der Waals surface area contributed by atoms with Crippen molar-refractivity contribution in [2.45, 2.75) is 55.7 Å². The first-order valence-electron chi connectivity index (χ1n) is 17.6. The fourth-order valence-corrected chi connectivity index (χ4v) is 10.6. The molecule has 2 aromatic heterocycles. The van der Waals surface area contributed by atoms with Crippen LogP contribution in [0.3, 0.4) is 0 Å². The van der Waals surface area contributed by atoms with Crippen molar-refractivity contribution in [1.82, 2.24) is 34.2 Å². The van der Waals surface area contributed by atoms with Gasteiger partial charge >= 0.3 is 13.6 Å². The number of non-ortho nitro benzene ring substituents is 1. The van der Waals surface area contributed by atoms with Crippen molar-refractivity contribution >= 4 is 84.7 Å². The minimum Gasteiger partial charge on any atom is -0.347 e. The Bertz CT molecular complexity index is 2310. The molecule has 0 N–H and O–H groups in total. The molecule has 1 amide bonds. The van der Waals surface area contributed by atoms with Gasteiger partial charge in [0.2, 0.25) is 5.96 Å². The first kappa shape index (κ1) is 39.0. The van der Waals surface area contributed by atoms with E-state index in [0.29, 0.717) is 30.6 Å². The Labute approximate surface area is 337 Å². The number of amides is 1. The van der Waals surface area contributed by atoms with Crippen molar-refractivity contribution in [3.63, 3.8) is 0 Å². The fraction of sp³-hybridized carbons (Fsp3) is 0.484. The number of imidazole rings is 1. The zero-order chi connectivity index (χ0) is 39.8. The number of rotatable bonds is 6. The third-order valence-electron chi connectivity index (χ3n) is 10.8. The maximum atomic E-state index is 16.4. The lowest BCUT2D eigenvalue weighted by Gasteiger charge is -2.45. The van der Waals surface area contributed by atoms with Crippen LogP contribution in [0, 0.1) is 22.0 Å². The van der Waals surface area contributed by atoms with E-state index in [1.54, 1.807) is 40.3 Å². The molecule has 1 aromatic carbocycles. The number of nitro benzene ring substituents is 1. The van der Waals surface area contributed by atoms with Crippen LogP contribution in [-0.4, -0.2) is 121 Å². The molecule has 2 bridgehead atoms. The predicted octanol–water partition coefficient (Wildman–Crippen LogP) is 4.42. The van der Waals surface area contributed by atoms with Crippen LogP contribution >= 0.6 is 49.7 Å². The van der Waals surface area contributed by atoms with E-state index in [4.69, 9.17) is 39.4 Å². The van der Waals surface area contributed by atoms with Gasteiger partial charge in [0.15, 0.2) is 35.4 Å². The van der Waals surface area contributed by atoms with E-state index >= 15 is 4.39 Å². The molecule has 4 unspecified atom stereocenters. The molecule has 57 heavy (non-hydrogen) atoms. The number of guanidine groups is 1. The maximum absolute atomic E-state index is 16.4. The number of hydrogen-bond acceptors (Lipinski definition) is 17. The van der Waals surface area contributed by atoms with Gasteiger partial charge in [0.25, 0.3) is 11.6 Å². The molecule has 0 radical (unpaired) electrons. The second-order valence-corrected chi connectivity index (χ2v) is 20.1. The summed E-state index contributed by atoms with van der Waals surface area (Å²) in [5.74, 6) is -0.845. The molecule has 1 saturated carbocycles. The van der Waals surface area contributed by atoms with Crippen LogP contribution < -0.4 is 0 Å². The number of aliphatic imine (C=N–C) groups is 2. The third-order valence-corrected chi connectivity index (χ3v) is 14.3. The molecular formula is C31H32ClFN10O10P2S2. The molecule has 26 heteroatoms. The molecule has 0 spiro atoms. The van der Waals surface area contributed by atoms with E-state index in [-0.39, 0.29) is 47.9 Å². The predicted molar refractivity (Wildman–Crippen MR) is 205 cm³/mol. The number of hydrogen-bond donors (Lipinski definition) is 2. The molecule has 3 aromatic rings. The SMILES string of the molecule is O=C1C2N=CN([C@@H]3O[C@@H]4COP(=O)(S)OC[C@@H]5[C@@H](COP(=O)(S)O[C@@H]3[C@@H]4F)C[C@H]5n3cnc4c(Cl)ncnc43)C2N=C2N(CCc3ccc([N+](=O)[O-])cc3)C=CN12. The monoisotopic (exact) mass is 884 g/mol. The molecule has 5 aliphatic heterocycles.